The number of hydrogen-bond acceptors (Lipinski definition) is 3. The Morgan fingerprint density at radius 2 is 2.06 bits per heavy atom. The van der Waals surface area contributed by atoms with Gasteiger partial charge in [0.2, 0.25) is 6.41 Å². The van der Waals surface area contributed by atoms with Crippen LogP contribution >= 0.6 is 23.2 Å². The molecule has 1 unspecified atom stereocenters. The normalized spacial score (nSPS) is 11.7. The van der Waals surface area contributed by atoms with Gasteiger partial charge < -0.3 is 10.4 Å². The van der Waals surface area contributed by atoms with Crippen molar-refractivity contribution in [2.75, 3.05) is 0 Å². The molecular formula is C11H9Cl2NO4. The molecule has 1 atom stereocenters. The van der Waals surface area contributed by atoms with Gasteiger partial charge in [-0.15, -0.1) is 0 Å². The van der Waals surface area contributed by atoms with E-state index in [0.29, 0.717) is 5.02 Å². The van der Waals surface area contributed by atoms with E-state index in [1.165, 1.54) is 18.2 Å². The predicted octanol–water partition coefficient (Wildman–Crippen LogP) is 1.77. The van der Waals surface area contributed by atoms with Crippen LogP contribution in [-0.2, 0) is 9.59 Å². The van der Waals surface area contributed by atoms with Crippen LogP contribution in [-0.4, -0.2) is 29.3 Å². The Kier molecular flexibility index (Phi) is 5.12. The number of carbonyl (C=O) groups is 3. The molecule has 0 aliphatic carbocycles. The molecule has 2 N–H and O–H groups in total. The molecule has 0 spiro atoms. The van der Waals surface area contributed by atoms with Crippen LogP contribution in [0.15, 0.2) is 18.2 Å². The first kappa shape index (κ1) is 14.5. The van der Waals surface area contributed by atoms with Gasteiger partial charge in [0.1, 0.15) is 6.04 Å². The molecule has 0 fully saturated rings. The monoisotopic (exact) mass is 289 g/mol. The van der Waals surface area contributed by atoms with Crippen LogP contribution in [0.1, 0.15) is 16.8 Å². The van der Waals surface area contributed by atoms with E-state index in [0.717, 1.165) is 0 Å². The van der Waals surface area contributed by atoms with Crippen LogP contribution in [0.3, 0.4) is 0 Å². The van der Waals surface area contributed by atoms with Crippen molar-refractivity contribution in [1.29, 1.82) is 0 Å². The second kappa shape index (κ2) is 6.37. The van der Waals surface area contributed by atoms with Gasteiger partial charge in [0.15, 0.2) is 5.78 Å². The maximum atomic E-state index is 11.8. The number of halogens is 2. The molecule has 1 aromatic rings. The molecule has 18 heavy (non-hydrogen) atoms. The smallest absolute Gasteiger partial charge is 0.326 e. The molecule has 0 saturated heterocycles. The molecule has 0 radical (unpaired) electrons. The van der Waals surface area contributed by atoms with Crippen molar-refractivity contribution in [3.63, 3.8) is 0 Å². The van der Waals surface area contributed by atoms with E-state index in [9.17, 15) is 14.4 Å². The minimum absolute atomic E-state index is 0.128. The third-order valence-corrected chi connectivity index (χ3v) is 2.75. The first-order valence-electron chi connectivity index (χ1n) is 4.86. The summed E-state index contributed by atoms with van der Waals surface area (Å²) in [6, 6.07) is 3.02. The van der Waals surface area contributed by atoms with E-state index in [4.69, 9.17) is 28.3 Å². The van der Waals surface area contributed by atoms with Gasteiger partial charge in [0.25, 0.3) is 0 Å². The second-order valence-corrected chi connectivity index (χ2v) is 4.27. The highest BCUT2D eigenvalue weighted by molar-refractivity contribution is 6.35. The number of rotatable bonds is 6. The third kappa shape index (κ3) is 3.72. The Labute approximate surface area is 113 Å². The molecule has 1 aromatic carbocycles. The van der Waals surface area contributed by atoms with Crippen molar-refractivity contribution in [2.24, 2.45) is 0 Å². The second-order valence-electron chi connectivity index (χ2n) is 3.43. The molecule has 0 saturated carbocycles. The number of carboxylic acids is 1. The van der Waals surface area contributed by atoms with E-state index in [1.54, 1.807) is 0 Å². The van der Waals surface area contributed by atoms with Crippen LogP contribution < -0.4 is 5.32 Å². The fourth-order valence-electron chi connectivity index (χ4n) is 1.31. The van der Waals surface area contributed by atoms with Gasteiger partial charge in [-0.2, -0.15) is 0 Å². The molecule has 1 amide bonds. The Morgan fingerprint density at radius 1 is 1.39 bits per heavy atom. The first-order chi connectivity index (χ1) is 8.45. The molecule has 0 aliphatic heterocycles. The van der Waals surface area contributed by atoms with Gasteiger partial charge >= 0.3 is 5.97 Å². The first-order valence-corrected chi connectivity index (χ1v) is 5.62. The summed E-state index contributed by atoms with van der Waals surface area (Å²) in [6.45, 7) is 0. The lowest BCUT2D eigenvalue weighted by Gasteiger charge is -2.10. The van der Waals surface area contributed by atoms with Gasteiger partial charge in [-0.05, 0) is 18.2 Å². The fraction of sp³-hybridized carbons (Fsp3) is 0.182. The van der Waals surface area contributed by atoms with E-state index in [2.05, 4.69) is 0 Å². The van der Waals surface area contributed by atoms with Crippen molar-refractivity contribution in [3.05, 3.63) is 33.8 Å². The van der Waals surface area contributed by atoms with Crippen molar-refractivity contribution >= 4 is 41.4 Å². The Morgan fingerprint density at radius 3 is 2.61 bits per heavy atom. The number of ketones is 1. The minimum atomic E-state index is -1.30. The molecule has 5 nitrogen and oxygen atoms in total. The van der Waals surface area contributed by atoms with Crippen molar-refractivity contribution < 1.29 is 19.5 Å². The third-order valence-electron chi connectivity index (χ3n) is 2.19. The topological polar surface area (TPSA) is 83.5 Å². The highest BCUT2D eigenvalue weighted by atomic mass is 35.5. The average molecular weight is 290 g/mol. The number of Topliss-reactive ketones (excluding diaryl/α,β-unsaturated/α-hetero) is 1. The highest BCUT2D eigenvalue weighted by Crippen LogP contribution is 2.22. The SMILES string of the molecule is O=CNC(CC(=O)c1cc(Cl)ccc1Cl)C(=O)O. The summed E-state index contributed by atoms with van der Waals surface area (Å²) in [5, 5.41) is 11.3. The number of carboxylic acid groups (broad SMARTS) is 1. The molecule has 7 heteroatoms. The van der Waals surface area contributed by atoms with Gasteiger partial charge in [0.05, 0.1) is 5.02 Å². The number of hydrogen-bond donors (Lipinski definition) is 2. The number of nitrogens with one attached hydrogen (secondary N) is 1. The van der Waals surface area contributed by atoms with Crippen LogP contribution in [0.2, 0.25) is 10.0 Å². The number of aliphatic carboxylic acids is 1. The molecule has 96 valence electrons. The van der Waals surface area contributed by atoms with Crippen LogP contribution in [0, 0.1) is 0 Å². The Balaban J connectivity index is 2.89. The Bertz CT molecular complexity index is 490. The number of amides is 1. The molecule has 0 bridgehead atoms. The highest BCUT2D eigenvalue weighted by Gasteiger charge is 2.22. The zero-order valence-corrected chi connectivity index (χ0v) is 10.5. The molecule has 1 rings (SSSR count). The Hall–Kier alpha value is -1.59. The van der Waals surface area contributed by atoms with Crippen LogP contribution in [0.5, 0.6) is 0 Å². The van der Waals surface area contributed by atoms with Gasteiger partial charge in [-0.25, -0.2) is 4.79 Å². The van der Waals surface area contributed by atoms with E-state index < -0.39 is 24.2 Å². The number of benzene rings is 1. The zero-order chi connectivity index (χ0) is 13.7. The van der Waals surface area contributed by atoms with Gasteiger partial charge in [-0.1, -0.05) is 23.2 Å². The van der Waals surface area contributed by atoms with Gasteiger partial charge in [-0.3, -0.25) is 9.59 Å². The van der Waals surface area contributed by atoms with Crippen molar-refractivity contribution in [1.82, 2.24) is 5.32 Å². The summed E-state index contributed by atoms with van der Waals surface area (Å²) < 4.78 is 0. The summed E-state index contributed by atoms with van der Waals surface area (Å²) in [5.74, 6) is -1.81. The summed E-state index contributed by atoms with van der Waals surface area (Å²) in [7, 11) is 0. The number of carbonyl (C=O) groups excluding carboxylic acids is 2. The lowest BCUT2D eigenvalue weighted by Crippen LogP contribution is -2.37. The minimum Gasteiger partial charge on any atom is -0.480 e. The average Bonchev–Trinajstić information content (AvgIpc) is 2.31. The van der Waals surface area contributed by atoms with Crippen LogP contribution in [0.25, 0.3) is 0 Å². The summed E-state index contributed by atoms with van der Waals surface area (Å²) >= 11 is 11.5. The van der Waals surface area contributed by atoms with Crippen molar-refractivity contribution in [2.45, 2.75) is 12.5 Å². The van der Waals surface area contributed by atoms with Crippen molar-refractivity contribution in [3.8, 4) is 0 Å². The zero-order valence-electron chi connectivity index (χ0n) is 9.02. The summed E-state index contributed by atoms with van der Waals surface area (Å²) in [4.78, 5) is 32.8. The van der Waals surface area contributed by atoms with Gasteiger partial charge in [0, 0.05) is 17.0 Å². The standard InChI is InChI=1S/C11H9Cl2NO4/c12-6-1-2-8(13)7(3-6)10(16)4-9(11(17)18)14-5-15/h1-3,5,9H,4H2,(H,14,15)(H,17,18). The maximum absolute atomic E-state index is 11.8. The summed E-state index contributed by atoms with van der Waals surface area (Å²) in [5.41, 5.74) is 0.128. The summed E-state index contributed by atoms with van der Waals surface area (Å²) in [6.07, 6.45) is -0.167. The molecular weight excluding hydrogens is 281 g/mol. The fourth-order valence-corrected chi connectivity index (χ4v) is 1.70. The van der Waals surface area contributed by atoms with Crippen LogP contribution in [0.4, 0.5) is 0 Å². The lowest BCUT2D eigenvalue weighted by atomic mass is 10.0. The van der Waals surface area contributed by atoms with E-state index >= 15 is 0 Å². The van der Waals surface area contributed by atoms with E-state index in [1.807, 2.05) is 5.32 Å². The molecule has 0 heterocycles. The largest absolute Gasteiger partial charge is 0.480 e. The molecule has 0 aromatic heterocycles. The quantitative estimate of drug-likeness (QED) is 0.617. The van der Waals surface area contributed by atoms with E-state index in [-0.39, 0.29) is 17.0 Å². The lowest BCUT2D eigenvalue weighted by molar-refractivity contribution is -0.140. The maximum Gasteiger partial charge on any atom is 0.326 e. The predicted molar refractivity (Wildman–Crippen MR) is 66.0 cm³/mol. The molecule has 0 aliphatic rings.